The molecule has 5 heteroatoms. The smallest absolute Gasteiger partial charge is 0.232 e. The number of unbranched alkanes of at least 4 members (excludes halogenated alkanes) is 1. The molecule has 1 heterocycles. The van der Waals surface area contributed by atoms with E-state index in [0.717, 1.165) is 23.7 Å². The van der Waals surface area contributed by atoms with Crippen LogP contribution in [0.1, 0.15) is 46.0 Å². The van der Waals surface area contributed by atoms with E-state index in [2.05, 4.69) is 45.1 Å². The molecule has 18 heavy (non-hydrogen) atoms. The third-order valence-corrected chi connectivity index (χ3v) is 3.33. The summed E-state index contributed by atoms with van der Waals surface area (Å²) in [5, 5.41) is 3.39. The van der Waals surface area contributed by atoms with E-state index in [-0.39, 0.29) is 0 Å². The van der Waals surface area contributed by atoms with E-state index in [4.69, 9.17) is 4.74 Å². The van der Waals surface area contributed by atoms with E-state index in [0.29, 0.717) is 17.9 Å². The lowest BCUT2D eigenvalue weighted by Gasteiger charge is -2.18. The topological polar surface area (TPSA) is 47.0 Å². The summed E-state index contributed by atoms with van der Waals surface area (Å²) in [4.78, 5) is 8.60. The number of hydrogen-bond acceptors (Lipinski definition) is 4. The van der Waals surface area contributed by atoms with Crippen molar-refractivity contribution in [2.75, 3.05) is 12.4 Å². The van der Waals surface area contributed by atoms with E-state index < -0.39 is 0 Å². The van der Waals surface area contributed by atoms with Crippen LogP contribution >= 0.6 is 15.9 Å². The SMILES string of the molecule is CCCCC(CCC)Nc1ncc(Br)c(OC)n1. The van der Waals surface area contributed by atoms with Crippen molar-refractivity contribution >= 4 is 21.9 Å². The summed E-state index contributed by atoms with van der Waals surface area (Å²) in [6.07, 6.45) is 7.62. The first kappa shape index (κ1) is 15.2. The zero-order chi connectivity index (χ0) is 13.4. The summed E-state index contributed by atoms with van der Waals surface area (Å²) < 4.78 is 5.94. The molecular weight excluding hydrogens is 294 g/mol. The maximum Gasteiger partial charge on any atom is 0.232 e. The molecule has 0 saturated heterocycles. The van der Waals surface area contributed by atoms with Crippen molar-refractivity contribution in [3.8, 4) is 5.88 Å². The van der Waals surface area contributed by atoms with Crippen LogP contribution in [0.25, 0.3) is 0 Å². The van der Waals surface area contributed by atoms with Crippen molar-refractivity contribution < 1.29 is 4.74 Å². The Morgan fingerprint density at radius 2 is 2.11 bits per heavy atom. The molecule has 1 aromatic heterocycles. The monoisotopic (exact) mass is 315 g/mol. The second kappa shape index (κ2) is 8.29. The molecule has 1 aromatic rings. The van der Waals surface area contributed by atoms with Crippen LogP contribution < -0.4 is 10.1 Å². The molecule has 1 N–H and O–H groups in total. The molecule has 0 fully saturated rings. The zero-order valence-corrected chi connectivity index (χ0v) is 13.0. The van der Waals surface area contributed by atoms with Gasteiger partial charge in [-0.15, -0.1) is 0 Å². The molecule has 0 aromatic carbocycles. The molecule has 1 atom stereocenters. The van der Waals surface area contributed by atoms with Gasteiger partial charge in [0, 0.05) is 6.04 Å². The maximum absolute atomic E-state index is 5.17. The molecule has 4 nitrogen and oxygen atoms in total. The molecule has 0 saturated carbocycles. The molecule has 1 unspecified atom stereocenters. The predicted molar refractivity (Wildman–Crippen MR) is 78.1 cm³/mol. The molecule has 0 aliphatic rings. The molecule has 0 aliphatic carbocycles. The van der Waals surface area contributed by atoms with Crippen molar-refractivity contribution in [3.05, 3.63) is 10.7 Å². The van der Waals surface area contributed by atoms with Crippen LogP contribution in [-0.2, 0) is 0 Å². The third kappa shape index (κ3) is 4.80. The van der Waals surface area contributed by atoms with Gasteiger partial charge in [0.05, 0.1) is 17.8 Å². The van der Waals surface area contributed by atoms with Crippen molar-refractivity contribution in [3.63, 3.8) is 0 Å². The Morgan fingerprint density at radius 3 is 2.72 bits per heavy atom. The van der Waals surface area contributed by atoms with E-state index in [1.54, 1.807) is 13.3 Å². The number of nitrogens with one attached hydrogen (secondary N) is 1. The number of hydrogen-bond donors (Lipinski definition) is 1. The molecule has 0 radical (unpaired) electrons. The largest absolute Gasteiger partial charge is 0.480 e. The molecule has 1 rings (SSSR count). The van der Waals surface area contributed by atoms with E-state index in [1.165, 1.54) is 12.8 Å². The van der Waals surface area contributed by atoms with Gasteiger partial charge in [-0.05, 0) is 28.8 Å². The summed E-state index contributed by atoms with van der Waals surface area (Å²) in [7, 11) is 1.61. The van der Waals surface area contributed by atoms with Crippen LogP contribution in [0.3, 0.4) is 0 Å². The normalized spacial score (nSPS) is 12.2. The fraction of sp³-hybridized carbons (Fsp3) is 0.692. The van der Waals surface area contributed by atoms with Crippen LogP contribution in [0.5, 0.6) is 5.88 Å². The van der Waals surface area contributed by atoms with Gasteiger partial charge in [-0.2, -0.15) is 4.98 Å². The predicted octanol–water partition coefficient (Wildman–Crippen LogP) is 4.02. The third-order valence-electron chi connectivity index (χ3n) is 2.78. The van der Waals surface area contributed by atoms with Gasteiger partial charge >= 0.3 is 0 Å². The van der Waals surface area contributed by atoms with Gasteiger partial charge in [0.2, 0.25) is 11.8 Å². The fourth-order valence-corrected chi connectivity index (χ4v) is 2.19. The fourth-order valence-electron chi connectivity index (χ4n) is 1.83. The minimum atomic E-state index is 0.445. The van der Waals surface area contributed by atoms with Crippen molar-refractivity contribution in [1.29, 1.82) is 0 Å². The molecule has 0 aliphatic heterocycles. The van der Waals surface area contributed by atoms with Gasteiger partial charge < -0.3 is 10.1 Å². The molecule has 0 amide bonds. The Morgan fingerprint density at radius 1 is 1.33 bits per heavy atom. The van der Waals surface area contributed by atoms with Crippen molar-refractivity contribution in [1.82, 2.24) is 9.97 Å². The number of methoxy groups -OCH3 is 1. The minimum absolute atomic E-state index is 0.445. The quantitative estimate of drug-likeness (QED) is 0.787. The van der Waals surface area contributed by atoms with Crippen LogP contribution in [0, 0.1) is 0 Å². The van der Waals surface area contributed by atoms with Crippen LogP contribution in [-0.4, -0.2) is 23.1 Å². The lowest BCUT2D eigenvalue weighted by Crippen LogP contribution is -2.20. The molecule has 102 valence electrons. The molecular formula is C13H22BrN3O. The summed E-state index contributed by atoms with van der Waals surface area (Å²) in [5.41, 5.74) is 0. The first-order chi connectivity index (χ1) is 8.71. The van der Waals surface area contributed by atoms with Crippen LogP contribution in [0.15, 0.2) is 10.7 Å². The lowest BCUT2D eigenvalue weighted by molar-refractivity contribution is 0.394. The summed E-state index contributed by atoms with van der Waals surface area (Å²) in [6.45, 7) is 4.41. The van der Waals surface area contributed by atoms with Gasteiger partial charge in [0.15, 0.2) is 0 Å². The van der Waals surface area contributed by atoms with Gasteiger partial charge in [-0.3, -0.25) is 0 Å². The van der Waals surface area contributed by atoms with Gasteiger partial charge in [-0.25, -0.2) is 4.98 Å². The zero-order valence-electron chi connectivity index (χ0n) is 11.4. The summed E-state index contributed by atoms with van der Waals surface area (Å²) in [5.74, 6) is 1.21. The average molecular weight is 316 g/mol. The average Bonchev–Trinajstić information content (AvgIpc) is 2.38. The number of anilines is 1. The second-order valence-corrected chi connectivity index (χ2v) is 5.18. The number of nitrogens with zero attached hydrogens (tertiary/aromatic N) is 2. The van der Waals surface area contributed by atoms with E-state index in [9.17, 15) is 0 Å². The van der Waals surface area contributed by atoms with Gasteiger partial charge in [0.25, 0.3) is 0 Å². The van der Waals surface area contributed by atoms with E-state index in [1.807, 2.05) is 0 Å². The highest BCUT2D eigenvalue weighted by Crippen LogP contribution is 2.22. The number of ether oxygens (including phenoxy) is 1. The Balaban J connectivity index is 2.67. The Kier molecular flexibility index (Phi) is 7.01. The highest BCUT2D eigenvalue weighted by molar-refractivity contribution is 9.10. The van der Waals surface area contributed by atoms with Crippen molar-refractivity contribution in [2.45, 2.75) is 52.0 Å². The highest BCUT2D eigenvalue weighted by Gasteiger charge is 2.10. The molecule has 0 spiro atoms. The Labute approximate surface area is 118 Å². The highest BCUT2D eigenvalue weighted by atomic mass is 79.9. The van der Waals surface area contributed by atoms with Gasteiger partial charge in [0.1, 0.15) is 0 Å². The summed E-state index contributed by atoms with van der Waals surface area (Å²) in [6, 6.07) is 0.445. The van der Waals surface area contributed by atoms with Gasteiger partial charge in [-0.1, -0.05) is 33.1 Å². The maximum atomic E-state index is 5.17. The lowest BCUT2D eigenvalue weighted by atomic mass is 10.1. The Hall–Kier alpha value is -0.840. The standard InChI is InChI=1S/C13H22BrN3O/c1-4-6-8-10(7-5-2)16-13-15-9-11(14)12(17-13)18-3/h9-10H,4-8H2,1-3H3,(H,15,16,17). The number of aromatic nitrogens is 2. The van der Waals surface area contributed by atoms with Crippen molar-refractivity contribution in [2.24, 2.45) is 0 Å². The van der Waals surface area contributed by atoms with Crippen LogP contribution in [0.2, 0.25) is 0 Å². The Bertz CT molecular complexity index is 360. The van der Waals surface area contributed by atoms with Crippen LogP contribution in [0.4, 0.5) is 5.95 Å². The minimum Gasteiger partial charge on any atom is -0.480 e. The first-order valence-corrected chi connectivity index (χ1v) is 7.33. The number of rotatable bonds is 8. The van der Waals surface area contributed by atoms with E-state index >= 15 is 0 Å². The number of halogens is 1. The molecule has 0 bridgehead atoms. The first-order valence-electron chi connectivity index (χ1n) is 6.54. The summed E-state index contributed by atoms with van der Waals surface area (Å²) >= 11 is 3.35. The second-order valence-electron chi connectivity index (χ2n) is 4.32.